The maximum atomic E-state index is 4.48. The minimum atomic E-state index is 0.960. The molecule has 0 aliphatic heterocycles. The third-order valence-electron chi connectivity index (χ3n) is 3.01. The van der Waals surface area contributed by atoms with Crippen LogP contribution in [0.5, 0.6) is 0 Å². The van der Waals surface area contributed by atoms with Crippen LogP contribution in [0.2, 0.25) is 0 Å². The van der Waals surface area contributed by atoms with Crippen molar-refractivity contribution in [3.05, 3.63) is 47.8 Å². The molecule has 18 heavy (non-hydrogen) atoms. The van der Waals surface area contributed by atoms with Crippen LogP contribution in [0.15, 0.2) is 36.5 Å². The molecule has 1 aromatic heterocycles. The van der Waals surface area contributed by atoms with Crippen molar-refractivity contribution in [3.63, 3.8) is 0 Å². The molecule has 0 aliphatic carbocycles. The van der Waals surface area contributed by atoms with Gasteiger partial charge in [0.2, 0.25) is 5.95 Å². The van der Waals surface area contributed by atoms with E-state index >= 15 is 0 Å². The first-order chi connectivity index (χ1) is 8.79. The van der Waals surface area contributed by atoms with Gasteiger partial charge in [0.25, 0.3) is 0 Å². The van der Waals surface area contributed by atoms with Gasteiger partial charge < -0.3 is 9.88 Å². The summed E-state index contributed by atoms with van der Waals surface area (Å²) in [5.41, 5.74) is 2.47. The van der Waals surface area contributed by atoms with Crippen molar-refractivity contribution in [3.8, 4) is 0 Å². The maximum absolute atomic E-state index is 4.48. The number of imidazole rings is 1. The number of anilines is 1. The lowest BCUT2D eigenvalue weighted by Crippen LogP contribution is -2.08. The van der Waals surface area contributed by atoms with Crippen LogP contribution in [-0.2, 0) is 13.0 Å². The van der Waals surface area contributed by atoms with Gasteiger partial charge in [0.1, 0.15) is 0 Å². The standard InChI is InChI=1S/C15H21N3/c1-3-18-12-13(2)17-15(18)16-11-7-10-14-8-5-4-6-9-14/h4-6,8-9,12H,3,7,10-11H2,1-2H3,(H,16,17). The van der Waals surface area contributed by atoms with Crippen molar-refractivity contribution in [1.82, 2.24) is 9.55 Å². The van der Waals surface area contributed by atoms with E-state index < -0.39 is 0 Å². The van der Waals surface area contributed by atoms with Crippen LogP contribution in [0, 0.1) is 6.92 Å². The normalized spacial score (nSPS) is 10.6. The predicted octanol–water partition coefficient (Wildman–Crippen LogP) is 3.26. The zero-order valence-electron chi connectivity index (χ0n) is 11.2. The second kappa shape index (κ2) is 6.24. The van der Waals surface area contributed by atoms with Gasteiger partial charge in [-0.25, -0.2) is 4.98 Å². The number of hydrogen-bond acceptors (Lipinski definition) is 2. The molecule has 1 N–H and O–H groups in total. The minimum absolute atomic E-state index is 0.960. The van der Waals surface area contributed by atoms with Gasteiger partial charge in [-0.05, 0) is 32.3 Å². The van der Waals surface area contributed by atoms with E-state index in [1.807, 2.05) is 6.92 Å². The zero-order chi connectivity index (χ0) is 12.8. The fourth-order valence-corrected chi connectivity index (χ4v) is 2.07. The van der Waals surface area contributed by atoms with E-state index in [0.717, 1.165) is 37.6 Å². The molecule has 0 fully saturated rings. The molecule has 0 atom stereocenters. The third-order valence-corrected chi connectivity index (χ3v) is 3.01. The number of nitrogens with one attached hydrogen (secondary N) is 1. The van der Waals surface area contributed by atoms with Crippen molar-refractivity contribution in [2.24, 2.45) is 0 Å². The first-order valence-corrected chi connectivity index (χ1v) is 6.61. The van der Waals surface area contributed by atoms with Crippen molar-refractivity contribution >= 4 is 5.95 Å². The van der Waals surface area contributed by atoms with Gasteiger partial charge in [-0.1, -0.05) is 30.3 Å². The highest BCUT2D eigenvalue weighted by Gasteiger charge is 2.02. The summed E-state index contributed by atoms with van der Waals surface area (Å²) in [6, 6.07) is 10.6. The van der Waals surface area contributed by atoms with Gasteiger partial charge in [-0.3, -0.25) is 0 Å². The van der Waals surface area contributed by atoms with Crippen molar-refractivity contribution in [2.45, 2.75) is 33.2 Å². The van der Waals surface area contributed by atoms with Gasteiger partial charge in [0.05, 0.1) is 5.69 Å². The third kappa shape index (κ3) is 3.36. The molecule has 2 rings (SSSR count). The predicted molar refractivity (Wildman–Crippen MR) is 75.9 cm³/mol. The summed E-state index contributed by atoms with van der Waals surface area (Å²) >= 11 is 0. The molecule has 0 bridgehead atoms. The molecule has 0 saturated carbocycles. The molecule has 3 heteroatoms. The van der Waals surface area contributed by atoms with Gasteiger partial charge in [-0.2, -0.15) is 0 Å². The van der Waals surface area contributed by atoms with Crippen molar-refractivity contribution in [2.75, 3.05) is 11.9 Å². The molecule has 1 aromatic carbocycles. The summed E-state index contributed by atoms with van der Waals surface area (Å²) in [6.45, 7) is 6.09. The highest BCUT2D eigenvalue weighted by atomic mass is 15.2. The summed E-state index contributed by atoms with van der Waals surface area (Å²) in [6.07, 6.45) is 4.32. The highest BCUT2D eigenvalue weighted by Crippen LogP contribution is 2.08. The van der Waals surface area contributed by atoms with Crippen LogP contribution in [0.1, 0.15) is 24.6 Å². The van der Waals surface area contributed by atoms with Gasteiger partial charge in [0, 0.05) is 19.3 Å². The number of hydrogen-bond donors (Lipinski definition) is 1. The van der Waals surface area contributed by atoms with Gasteiger partial charge in [-0.15, -0.1) is 0 Å². The van der Waals surface area contributed by atoms with E-state index in [-0.39, 0.29) is 0 Å². The summed E-state index contributed by atoms with van der Waals surface area (Å²) in [5, 5.41) is 3.41. The lowest BCUT2D eigenvalue weighted by Gasteiger charge is -2.07. The van der Waals surface area contributed by atoms with E-state index in [4.69, 9.17) is 0 Å². The number of aryl methyl sites for hydroxylation is 3. The van der Waals surface area contributed by atoms with Gasteiger partial charge in [0.15, 0.2) is 0 Å². The summed E-state index contributed by atoms with van der Waals surface area (Å²) in [4.78, 5) is 4.48. The molecule has 1 heterocycles. The minimum Gasteiger partial charge on any atom is -0.356 e. The second-order valence-corrected chi connectivity index (χ2v) is 4.51. The summed E-state index contributed by atoms with van der Waals surface area (Å²) in [5.74, 6) is 0.989. The van der Waals surface area contributed by atoms with Crippen LogP contribution < -0.4 is 5.32 Å². The number of nitrogens with zero attached hydrogens (tertiary/aromatic N) is 2. The molecule has 0 radical (unpaired) electrons. The molecule has 0 saturated heterocycles. The fourth-order valence-electron chi connectivity index (χ4n) is 2.07. The van der Waals surface area contributed by atoms with E-state index in [9.17, 15) is 0 Å². The van der Waals surface area contributed by atoms with E-state index in [1.54, 1.807) is 0 Å². The fraction of sp³-hybridized carbons (Fsp3) is 0.400. The molecule has 96 valence electrons. The smallest absolute Gasteiger partial charge is 0.203 e. The molecule has 3 nitrogen and oxygen atoms in total. The number of rotatable bonds is 6. The Morgan fingerprint density at radius 2 is 2.00 bits per heavy atom. The van der Waals surface area contributed by atoms with Crippen LogP contribution in [0.4, 0.5) is 5.95 Å². The quantitative estimate of drug-likeness (QED) is 0.789. The lowest BCUT2D eigenvalue weighted by atomic mass is 10.1. The van der Waals surface area contributed by atoms with Crippen molar-refractivity contribution < 1.29 is 0 Å². The summed E-state index contributed by atoms with van der Waals surface area (Å²) < 4.78 is 2.15. The first kappa shape index (κ1) is 12.7. The Kier molecular flexibility index (Phi) is 4.40. The van der Waals surface area contributed by atoms with Crippen LogP contribution in [0.25, 0.3) is 0 Å². The molecule has 0 aliphatic rings. The largest absolute Gasteiger partial charge is 0.356 e. The monoisotopic (exact) mass is 243 g/mol. The SMILES string of the molecule is CCn1cc(C)nc1NCCCc1ccccc1. The van der Waals surface area contributed by atoms with Crippen LogP contribution in [0.3, 0.4) is 0 Å². The number of aromatic nitrogens is 2. The van der Waals surface area contributed by atoms with Crippen molar-refractivity contribution in [1.29, 1.82) is 0 Å². The van der Waals surface area contributed by atoms with E-state index in [0.29, 0.717) is 0 Å². The number of benzene rings is 1. The molecule has 0 unspecified atom stereocenters. The van der Waals surface area contributed by atoms with Gasteiger partial charge >= 0.3 is 0 Å². The summed E-state index contributed by atoms with van der Waals surface area (Å²) in [7, 11) is 0. The molecule has 2 aromatic rings. The molecule has 0 spiro atoms. The van der Waals surface area contributed by atoms with E-state index in [2.05, 4.69) is 58.3 Å². The Bertz CT molecular complexity index is 474. The zero-order valence-corrected chi connectivity index (χ0v) is 11.2. The highest BCUT2D eigenvalue weighted by molar-refractivity contribution is 5.28. The van der Waals surface area contributed by atoms with Crippen LogP contribution in [-0.4, -0.2) is 16.1 Å². The Morgan fingerprint density at radius 3 is 2.72 bits per heavy atom. The molecule has 0 amide bonds. The Morgan fingerprint density at radius 1 is 1.22 bits per heavy atom. The average Bonchev–Trinajstić information content (AvgIpc) is 2.76. The first-order valence-electron chi connectivity index (χ1n) is 6.61. The van der Waals surface area contributed by atoms with Crippen LogP contribution >= 0.6 is 0 Å². The molecular weight excluding hydrogens is 222 g/mol. The Hall–Kier alpha value is -1.77. The lowest BCUT2D eigenvalue weighted by molar-refractivity contribution is 0.754. The molecular formula is C15H21N3. The maximum Gasteiger partial charge on any atom is 0.203 e. The Balaban J connectivity index is 1.78. The second-order valence-electron chi connectivity index (χ2n) is 4.51. The average molecular weight is 243 g/mol. The topological polar surface area (TPSA) is 29.9 Å². The van der Waals surface area contributed by atoms with E-state index in [1.165, 1.54) is 5.56 Å². The Labute approximate surface area is 109 Å².